The fourth-order valence-electron chi connectivity index (χ4n) is 0.778. The first-order valence-electron chi connectivity index (χ1n) is 3.81. The fourth-order valence-corrected chi connectivity index (χ4v) is 1.89. The molecule has 7 heteroatoms. The molecule has 82 valence electrons. The molecule has 0 radical (unpaired) electrons. The van der Waals surface area contributed by atoms with Crippen LogP contribution >= 0.6 is 31.9 Å². The maximum absolute atomic E-state index is 12.6. The van der Waals surface area contributed by atoms with Crippen LogP contribution in [0, 0.1) is 0 Å². The van der Waals surface area contributed by atoms with Gasteiger partial charge in [0.25, 0.3) is 5.91 Å². The summed E-state index contributed by atoms with van der Waals surface area (Å²) in [7, 11) is 0. The number of carbonyl (C=O) groups is 1. The van der Waals surface area contributed by atoms with Crippen LogP contribution in [-0.4, -0.2) is 16.8 Å². The van der Waals surface area contributed by atoms with Gasteiger partial charge in [-0.3, -0.25) is 4.79 Å². The molecule has 0 fully saturated rings. The Balaban J connectivity index is 2.86. The third kappa shape index (κ3) is 3.83. The molecule has 15 heavy (non-hydrogen) atoms. The zero-order valence-corrected chi connectivity index (χ0v) is 10.7. The predicted molar refractivity (Wildman–Crippen MR) is 58.9 cm³/mol. The average molecular weight is 344 g/mol. The Morgan fingerprint density at radius 3 is 2.27 bits per heavy atom. The number of halogens is 4. The van der Waals surface area contributed by atoms with Crippen molar-refractivity contribution in [2.75, 3.05) is 5.32 Å². The molecule has 1 heterocycles. The van der Waals surface area contributed by atoms with E-state index in [0.717, 1.165) is 0 Å². The van der Waals surface area contributed by atoms with E-state index >= 15 is 0 Å². The number of amides is 1. The van der Waals surface area contributed by atoms with E-state index in [4.69, 9.17) is 0 Å². The van der Waals surface area contributed by atoms with Gasteiger partial charge in [-0.2, -0.15) is 8.78 Å². The van der Waals surface area contributed by atoms with Gasteiger partial charge in [0.15, 0.2) is 0 Å². The molecular weight excluding hydrogens is 338 g/mol. The van der Waals surface area contributed by atoms with Crippen molar-refractivity contribution < 1.29 is 13.6 Å². The molecule has 0 atom stereocenters. The Labute approximate surface area is 102 Å². The SMILES string of the molecule is CC(F)(F)C(=O)Nc1cc(Br)nc(Br)c1. The number of nitrogens with zero attached hydrogens (tertiary/aromatic N) is 1. The quantitative estimate of drug-likeness (QED) is 0.838. The van der Waals surface area contributed by atoms with E-state index in [-0.39, 0.29) is 5.69 Å². The maximum atomic E-state index is 12.6. The molecule has 1 N–H and O–H groups in total. The van der Waals surface area contributed by atoms with Crippen LogP contribution in [0.15, 0.2) is 21.3 Å². The number of carbonyl (C=O) groups excluding carboxylic acids is 1. The van der Waals surface area contributed by atoms with E-state index in [1.807, 2.05) is 0 Å². The van der Waals surface area contributed by atoms with Gasteiger partial charge in [-0.15, -0.1) is 0 Å². The summed E-state index contributed by atoms with van der Waals surface area (Å²) in [4.78, 5) is 14.8. The lowest BCUT2D eigenvalue weighted by Gasteiger charge is -2.10. The second-order valence-corrected chi connectivity index (χ2v) is 4.47. The lowest BCUT2D eigenvalue weighted by Crippen LogP contribution is -2.31. The predicted octanol–water partition coefficient (Wildman–Crippen LogP) is 3.20. The maximum Gasteiger partial charge on any atom is 0.322 e. The average Bonchev–Trinajstić information content (AvgIpc) is 1.99. The Morgan fingerprint density at radius 1 is 1.40 bits per heavy atom. The molecule has 1 amide bonds. The van der Waals surface area contributed by atoms with Gasteiger partial charge < -0.3 is 5.32 Å². The van der Waals surface area contributed by atoms with Crippen LogP contribution in [0.4, 0.5) is 14.5 Å². The molecule has 0 bridgehead atoms. The highest BCUT2D eigenvalue weighted by atomic mass is 79.9. The highest BCUT2D eigenvalue weighted by Gasteiger charge is 2.32. The first-order chi connectivity index (χ1) is 6.79. The molecule has 0 aliphatic heterocycles. The highest BCUT2D eigenvalue weighted by Crippen LogP contribution is 2.21. The molecule has 3 nitrogen and oxygen atoms in total. The van der Waals surface area contributed by atoms with Gasteiger partial charge in [-0.1, -0.05) is 0 Å². The molecule has 1 aromatic rings. The number of rotatable bonds is 2. The number of pyridine rings is 1. The lowest BCUT2D eigenvalue weighted by atomic mass is 10.3. The minimum atomic E-state index is -3.40. The highest BCUT2D eigenvalue weighted by molar-refractivity contribution is 9.11. The van der Waals surface area contributed by atoms with E-state index in [1.165, 1.54) is 12.1 Å². The monoisotopic (exact) mass is 342 g/mol. The molecule has 1 rings (SSSR count). The first kappa shape index (κ1) is 12.5. The van der Waals surface area contributed by atoms with E-state index in [2.05, 4.69) is 42.2 Å². The Morgan fingerprint density at radius 2 is 1.87 bits per heavy atom. The fraction of sp³-hybridized carbons (Fsp3) is 0.250. The normalized spacial score (nSPS) is 11.3. The van der Waals surface area contributed by atoms with Crippen LogP contribution in [0.1, 0.15) is 6.92 Å². The van der Waals surface area contributed by atoms with E-state index < -0.39 is 11.8 Å². The molecule has 0 spiro atoms. The standard InChI is InChI=1S/C8H6Br2F2N2O/c1-8(11,12)7(15)13-4-2-5(9)14-6(10)3-4/h2-3H,1H3,(H,13,14,15). The van der Waals surface area contributed by atoms with Crippen molar-refractivity contribution in [2.24, 2.45) is 0 Å². The van der Waals surface area contributed by atoms with Gasteiger partial charge in [-0.25, -0.2) is 4.98 Å². The van der Waals surface area contributed by atoms with Gasteiger partial charge in [0.05, 0.1) is 0 Å². The zero-order valence-electron chi connectivity index (χ0n) is 7.52. The smallest absolute Gasteiger partial charge is 0.321 e. The van der Waals surface area contributed by atoms with Crippen LogP contribution < -0.4 is 5.32 Å². The molecule has 0 saturated carbocycles. The minimum Gasteiger partial charge on any atom is -0.321 e. The van der Waals surface area contributed by atoms with Crippen molar-refractivity contribution in [1.29, 1.82) is 0 Å². The van der Waals surface area contributed by atoms with Crippen molar-refractivity contribution in [1.82, 2.24) is 4.98 Å². The summed E-state index contributed by atoms with van der Waals surface area (Å²) < 4.78 is 26.0. The summed E-state index contributed by atoms with van der Waals surface area (Å²) >= 11 is 6.15. The number of aromatic nitrogens is 1. The molecule has 0 aliphatic rings. The van der Waals surface area contributed by atoms with Crippen molar-refractivity contribution in [2.45, 2.75) is 12.8 Å². The van der Waals surface area contributed by atoms with Crippen LogP contribution in [0.5, 0.6) is 0 Å². The van der Waals surface area contributed by atoms with E-state index in [0.29, 0.717) is 16.1 Å². The van der Waals surface area contributed by atoms with Gasteiger partial charge in [0.2, 0.25) is 0 Å². The number of nitrogens with one attached hydrogen (secondary N) is 1. The zero-order chi connectivity index (χ0) is 11.6. The molecule has 0 saturated heterocycles. The van der Waals surface area contributed by atoms with Crippen LogP contribution in [-0.2, 0) is 4.79 Å². The number of alkyl halides is 2. The Hall–Kier alpha value is -0.560. The van der Waals surface area contributed by atoms with Crippen LogP contribution in [0.3, 0.4) is 0 Å². The number of hydrogen-bond acceptors (Lipinski definition) is 2. The summed E-state index contributed by atoms with van der Waals surface area (Å²) in [6.45, 7) is 0.535. The lowest BCUT2D eigenvalue weighted by molar-refractivity contribution is -0.137. The van der Waals surface area contributed by atoms with Crippen molar-refractivity contribution >= 4 is 43.5 Å². The van der Waals surface area contributed by atoms with Gasteiger partial charge >= 0.3 is 5.92 Å². The largest absolute Gasteiger partial charge is 0.322 e. The second kappa shape index (κ2) is 4.52. The Kier molecular flexibility index (Phi) is 3.77. The minimum absolute atomic E-state index is 0.246. The number of anilines is 1. The third-order valence-electron chi connectivity index (χ3n) is 1.42. The van der Waals surface area contributed by atoms with Gasteiger partial charge in [-0.05, 0) is 44.0 Å². The third-order valence-corrected chi connectivity index (χ3v) is 2.23. The topological polar surface area (TPSA) is 42.0 Å². The second-order valence-electron chi connectivity index (χ2n) is 2.84. The van der Waals surface area contributed by atoms with Gasteiger partial charge in [0.1, 0.15) is 9.21 Å². The summed E-state index contributed by atoms with van der Waals surface area (Å²) in [5.74, 6) is -4.75. The molecule has 0 aliphatic carbocycles. The molecule has 0 unspecified atom stereocenters. The van der Waals surface area contributed by atoms with Crippen LogP contribution in [0.25, 0.3) is 0 Å². The van der Waals surface area contributed by atoms with Crippen LogP contribution in [0.2, 0.25) is 0 Å². The van der Waals surface area contributed by atoms with Crippen molar-refractivity contribution in [3.63, 3.8) is 0 Å². The first-order valence-corrected chi connectivity index (χ1v) is 5.40. The summed E-state index contributed by atoms with van der Waals surface area (Å²) in [5.41, 5.74) is 0.246. The van der Waals surface area contributed by atoms with E-state index in [1.54, 1.807) is 0 Å². The number of hydrogen-bond donors (Lipinski definition) is 1. The molecule has 1 aromatic heterocycles. The van der Waals surface area contributed by atoms with Crippen molar-refractivity contribution in [3.05, 3.63) is 21.3 Å². The van der Waals surface area contributed by atoms with E-state index in [9.17, 15) is 13.6 Å². The van der Waals surface area contributed by atoms with Crippen molar-refractivity contribution in [3.8, 4) is 0 Å². The Bertz CT molecular complexity index is 372. The molecular formula is C8H6Br2F2N2O. The summed E-state index contributed by atoms with van der Waals surface area (Å²) in [6, 6.07) is 2.85. The summed E-state index contributed by atoms with van der Waals surface area (Å²) in [6.07, 6.45) is 0. The van der Waals surface area contributed by atoms with Gasteiger partial charge in [0, 0.05) is 12.6 Å². The molecule has 0 aromatic carbocycles. The summed E-state index contributed by atoms with van der Waals surface area (Å²) in [5, 5.41) is 2.07.